The summed E-state index contributed by atoms with van der Waals surface area (Å²) in [5.41, 5.74) is 0.0120. The molecule has 1 amide bonds. The largest absolute Gasteiger partial charge is 0.483 e. The molecule has 8 rings (SSSR count). The molecule has 2 N–H and O–H groups in total. The third kappa shape index (κ3) is 5.14. The van der Waals surface area contributed by atoms with E-state index in [0.717, 1.165) is 25.3 Å². The lowest BCUT2D eigenvalue weighted by molar-refractivity contribution is -0.141. The molecule has 1 aromatic heterocycles. The van der Waals surface area contributed by atoms with Gasteiger partial charge in [-0.1, -0.05) is 19.1 Å². The molecule has 2 bridgehead atoms. The van der Waals surface area contributed by atoms with E-state index in [1.807, 2.05) is 0 Å². The molecule has 0 saturated heterocycles. The fourth-order valence-electron chi connectivity index (χ4n) is 7.95. The number of nitrogens with one attached hydrogen (secondary N) is 1. The maximum Gasteiger partial charge on any atom is 0.416 e. The van der Waals surface area contributed by atoms with Gasteiger partial charge >= 0.3 is 6.18 Å². The zero-order valence-corrected chi connectivity index (χ0v) is 24.2. The van der Waals surface area contributed by atoms with Crippen molar-refractivity contribution < 1.29 is 36.6 Å². The maximum atomic E-state index is 14.2. The zero-order chi connectivity index (χ0) is 31.7. The topological polar surface area (TPSA) is 100 Å². The monoisotopic (exact) mass is 617 g/mol. The van der Waals surface area contributed by atoms with E-state index in [2.05, 4.69) is 22.4 Å². The number of amides is 1. The number of carbonyl (C=O) groups excluding carboxylic acids is 1. The van der Waals surface area contributed by atoms with Gasteiger partial charge in [0.05, 0.1) is 12.1 Å². The SMILES string of the molecule is Cn1cnnc1CC1(c2cccc(N3Cc4c(cc(CNC56CC(C)(C5)C6)cc4C(F)(F)F)C3=O)c2)CC(F)(F)C1.O=CO. The molecular formula is C31H32F5N5O3. The second kappa shape index (κ2) is 10.1. The molecule has 1 aliphatic heterocycles. The number of hydrogen-bond acceptors (Lipinski definition) is 5. The fraction of sp³-hybridized carbons (Fsp3) is 0.484. The number of alkyl halides is 5. The minimum atomic E-state index is -4.63. The van der Waals surface area contributed by atoms with Crippen molar-refractivity contribution in [2.75, 3.05) is 4.90 Å². The van der Waals surface area contributed by atoms with Crippen LogP contribution in [0.25, 0.3) is 0 Å². The van der Waals surface area contributed by atoms with Crippen molar-refractivity contribution in [3.8, 4) is 0 Å². The van der Waals surface area contributed by atoms with Crippen LogP contribution in [0.15, 0.2) is 42.7 Å². The smallest absolute Gasteiger partial charge is 0.416 e. The Kier molecular flexibility index (Phi) is 6.91. The Morgan fingerprint density at radius 1 is 1.09 bits per heavy atom. The van der Waals surface area contributed by atoms with Crippen LogP contribution in [0.4, 0.5) is 27.6 Å². The number of carbonyl (C=O) groups is 2. The molecule has 0 spiro atoms. The molecule has 4 fully saturated rings. The molecule has 0 radical (unpaired) electrons. The molecule has 4 saturated carbocycles. The summed E-state index contributed by atoms with van der Waals surface area (Å²) in [6.07, 6.45) is -0.614. The van der Waals surface area contributed by atoms with Gasteiger partial charge in [0, 0.05) is 55.1 Å². The molecule has 13 heteroatoms. The van der Waals surface area contributed by atoms with Crippen molar-refractivity contribution in [2.24, 2.45) is 12.5 Å². The molecule has 5 aliphatic rings. The van der Waals surface area contributed by atoms with Gasteiger partial charge in [-0.25, -0.2) is 8.78 Å². The number of anilines is 1. The minimum absolute atomic E-state index is 0.00191. The van der Waals surface area contributed by atoms with Crippen LogP contribution in [0.2, 0.25) is 0 Å². The van der Waals surface area contributed by atoms with Crippen LogP contribution in [0.5, 0.6) is 0 Å². The van der Waals surface area contributed by atoms with Crippen LogP contribution in [-0.2, 0) is 42.9 Å². The van der Waals surface area contributed by atoms with Crippen LogP contribution < -0.4 is 10.2 Å². The Hall–Kier alpha value is -3.87. The van der Waals surface area contributed by atoms with Crippen LogP contribution in [0.1, 0.15) is 77.5 Å². The predicted octanol–water partition coefficient (Wildman–Crippen LogP) is 5.64. The van der Waals surface area contributed by atoms with E-state index >= 15 is 0 Å². The first-order valence-electron chi connectivity index (χ1n) is 14.3. The Morgan fingerprint density at radius 3 is 2.34 bits per heavy atom. The van der Waals surface area contributed by atoms with Gasteiger partial charge in [0.15, 0.2) is 0 Å². The van der Waals surface area contributed by atoms with Gasteiger partial charge in [0.1, 0.15) is 12.2 Å². The Morgan fingerprint density at radius 2 is 1.77 bits per heavy atom. The van der Waals surface area contributed by atoms with Gasteiger partial charge in [-0.2, -0.15) is 13.2 Å². The Balaban J connectivity index is 0.00000110. The van der Waals surface area contributed by atoms with Crippen molar-refractivity contribution >= 4 is 18.1 Å². The Labute approximate surface area is 250 Å². The first kappa shape index (κ1) is 30.2. The van der Waals surface area contributed by atoms with Gasteiger partial charge in [0.2, 0.25) is 5.92 Å². The molecule has 0 atom stereocenters. The molecule has 3 aromatic rings. The lowest BCUT2D eigenvalue weighted by Crippen LogP contribution is -2.72. The molecule has 234 valence electrons. The lowest BCUT2D eigenvalue weighted by Gasteiger charge is -2.70. The summed E-state index contributed by atoms with van der Waals surface area (Å²) in [4.78, 5) is 23.3. The van der Waals surface area contributed by atoms with Gasteiger partial charge < -0.3 is 19.9 Å². The predicted molar refractivity (Wildman–Crippen MR) is 149 cm³/mol. The van der Waals surface area contributed by atoms with Crippen LogP contribution in [0.3, 0.4) is 0 Å². The van der Waals surface area contributed by atoms with Gasteiger partial charge in [-0.05, 0) is 65.6 Å². The summed E-state index contributed by atoms with van der Waals surface area (Å²) in [5.74, 6) is -2.80. The van der Waals surface area contributed by atoms with Gasteiger partial charge in [-0.15, -0.1) is 10.2 Å². The molecule has 2 aromatic carbocycles. The highest BCUT2D eigenvalue weighted by Gasteiger charge is 2.64. The summed E-state index contributed by atoms with van der Waals surface area (Å²) in [6.45, 7) is 1.98. The highest BCUT2D eigenvalue weighted by atomic mass is 19.4. The molecular weight excluding hydrogens is 585 g/mol. The third-order valence-corrected chi connectivity index (χ3v) is 9.64. The van der Waals surface area contributed by atoms with Crippen molar-refractivity contribution in [2.45, 2.75) is 81.6 Å². The number of fused-ring (bicyclic) bond motifs is 1. The van der Waals surface area contributed by atoms with E-state index in [-0.39, 0.29) is 55.5 Å². The minimum Gasteiger partial charge on any atom is -0.483 e. The van der Waals surface area contributed by atoms with E-state index in [0.29, 0.717) is 28.1 Å². The van der Waals surface area contributed by atoms with E-state index in [1.165, 1.54) is 11.2 Å². The summed E-state index contributed by atoms with van der Waals surface area (Å²) >= 11 is 0. The van der Waals surface area contributed by atoms with Crippen molar-refractivity contribution in [3.05, 3.63) is 76.4 Å². The van der Waals surface area contributed by atoms with Crippen LogP contribution in [-0.4, -0.2) is 43.7 Å². The Bertz CT molecular complexity index is 1610. The number of hydrogen-bond donors (Lipinski definition) is 2. The van der Waals surface area contributed by atoms with Crippen molar-refractivity contribution in [3.63, 3.8) is 0 Å². The van der Waals surface area contributed by atoms with Gasteiger partial charge in [0.25, 0.3) is 12.4 Å². The summed E-state index contributed by atoms with van der Waals surface area (Å²) < 4.78 is 72.8. The van der Waals surface area contributed by atoms with E-state index in [9.17, 15) is 26.7 Å². The standard InChI is InChI=1S/C30H30F5N5O.CH2O2/c1-26-12-28(13-26,14-26)36-10-18-6-21-22(23(7-18)30(33,34)35)11-40(25(21)41)20-5-3-4-19(8-20)27(15-29(31,32)16-27)9-24-38-37-17-39(24)2;2-1-3/h3-8,17,36H,9-16H2,1-2H3;1H,(H,2,3). The molecule has 4 aliphatic carbocycles. The number of aromatic nitrogens is 3. The van der Waals surface area contributed by atoms with Crippen LogP contribution >= 0.6 is 0 Å². The first-order valence-corrected chi connectivity index (χ1v) is 14.3. The van der Waals surface area contributed by atoms with Crippen molar-refractivity contribution in [1.82, 2.24) is 20.1 Å². The average molecular weight is 618 g/mol. The quantitative estimate of drug-likeness (QED) is 0.263. The molecule has 0 unspecified atom stereocenters. The highest BCUT2D eigenvalue weighted by Crippen LogP contribution is 2.67. The summed E-state index contributed by atoms with van der Waals surface area (Å²) in [5, 5.41) is 18.3. The molecule has 8 nitrogen and oxygen atoms in total. The number of benzene rings is 2. The molecule has 2 heterocycles. The molecule has 44 heavy (non-hydrogen) atoms. The van der Waals surface area contributed by atoms with E-state index in [4.69, 9.17) is 9.90 Å². The second-order valence-electron chi connectivity index (χ2n) is 13.2. The third-order valence-electron chi connectivity index (χ3n) is 9.64. The number of nitrogens with zero attached hydrogens (tertiary/aromatic N) is 4. The lowest BCUT2D eigenvalue weighted by atomic mass is 9.40. The summed E-state index contributed by atoms with van der Waals surface area (Å²) in [7, 11) is 1.74. The zero-order valence-electron chi connectivity index (χ0n) is 24.2. The number of halogens is 5. The first-order chi connectivity index (χ1) is 20.6. The van der Waals surface area contributed by atoms with Crippen molar-refractivity contribution in [1.29, 1.82) is 0 Å². The number of carboxylic acid groups (broad SMARTS) is 1. The number of aryl methyl sites for hydroxylation is 1. The van der Waals surface area contributed by atoms with Gasteiger partial charge in [-0.3, -0.25) is 9.59 Å². The summed E-state index contributed by atoms with van der Waals surface area (Å²) in [6, 6.07) is 9.42. The average Bonchev–Trinajstić information content (AvgIpc) is 3.45. The normalized spacial score (nSPS) is 25.6. The fourth-order valence-corrected chi connectivity index (χ4v) is 7.95. The van der Waals surface area contributed by atoms with E-state index < -0.39 is 29.0 Å². The maximum absolute atomic E-state index is 14.2. The van der Waals surface area contributed by atoms with E-state index in [1.54, 1.807) is 41.9 Å². The highest BCUT2D eigenvalue weighted by molar-refractivity contribution is 6.10. The second-order valence-corrected chi connectivity index (χ2v) is 13.2. The van der Waals surface area contributed by atoms with Crippen LogP contribution in [0, 0.1) is 5.41 Å². The number of rotatable bonds is 7.